The van der Waals surface area contributed by atoms with Gasteiger partial charge in [0.2, 0.25) is 17.7 Å². The smallest absolute Gasteiger partial charge is 0.244 e. The van der Waals surface area contributed by atoms with Gasteiger partial charge in [-0.25, -0.2) is 9.37 Å². The van der Waals surface area contributed by atoms with E-state index >= 15 is 0 Å². The molecule has 0 radical (unpaired) electrons. The summed E-state index contributed by atoms with van der Waals surface area (Å²) >= 11 is 6.10. The van der Waals surface area contributed by atoms with E-state index < -0.39 is 22.7 Å². The van der Waals surface area contributed by atoms with Crippen molar-refractivity contribution in [1.82, 2.24) is 9.88 Å². The van der Waals surface area contributed by atoms with Crippen LogP contribution in [0.4, 0.5) is 15.9 Å². The molecule has 9 heteroatoms. The van der Waals surface area contributed by atoms with E-state index in [4.69, 9.17) is 11.6 Å². The second-order valence-electron chi connectivity index (χ2n) is 11.4. The molecule has 2 aliphatic heterocycles. The molecule has 1 saturated heterocycles. The van der Waals surface area contributed by atoms with Crippen LogP contribution in [-0.4, -0.2) is 34.2 Å². The molecule has 0 saturated carbocycles. The Kier molecular flexibility index (Phi) is 5.99. The number of hydrogen-bond donors (Lipinski definition) is 2. The molecule has 3 amide bonds. The van der Waals surface area contributed by atoms with E-state index in [9.17, 15) is 18.8 Å². The molecule has 2 unspecified atom stereocenters. The highest BCUT2D eigenvalue weighted by molar-refractivity contribution is 6.30. The number of carbonyl (C=O) groups is 3. The molecule has 200 valence electrons. The van der Waals surface area contributed by atoms with Gasteiger partial charge in [0, 0.05) is 27.9 Å². The molecule has 3 heterocycles. The number of nitrogens with one attached hydrogen (secondary N) is 2. The van der Waals surface area contributed by atoms with Gasteiger partial charge < -0.3 is 15.5 Å². The van der Waals surface area contributed by atoms with Crippen molar-refractivity contribution in [3.05, 3.63) is 87.8 Å². The lowest BCUT2D eigenvalue weighted by Gasteiger charge is -2.43. The molecule has 3 aliphatic rings. The summed E-state index contributed by atoms with van der Waals surface area (Å²) in [7, 11) is 0. The fraction of sp³-hybridized carbons (Fsp3) is 0.333. The molecule has 2 atom stereocenters. The predicted octanol–water partition coefficient (Wildman–Crippen LogP) is 5.19. The lowest BCUT2D eigenvalue weighted by atomic mass is 9.78. The highest BCUT2D eigenvalue weighted by Gasteiger charge is 2.51. The van der Waals surface area contributed by atoms with E-state index in [-0.39, 0.29) is 29.3 Å². The number of anilines is 2. The number of benzene rings is 2. The highest BCUT2D eigenvalue weighted by Crippen LogP contribution is 2.47. The number of rotatable bonds is 4. The number of likely N-dealkylation sites (tertiary alicyclic amines) is 1. The summed E-state index contributed by atoms with van der Waals surface area (Å²) in [5.41, 5.74) is 2.77. The lowest BCUT2D eigenvalue weighted by Crippen LogP contribution is -2.50. The molecular weight excluding hydrogens is 519 g/mol. The van der Waals surface area contributed by atoms with E-state index in [2.05, 4.69) is 15.6 Å². The quantitative estimate of drug-likeness (QED) is 0.471. The van der Waals surface area contributed by atoms with Gasteiger partial charge in [-0.1, -0.05) is 37.6 Å². The van der Waals surface area contributed by atoms with Crippen LogP contribution < -0.4 is 10.6 Å². The Bertz CT molecular complexity index is 1520. The van der Waals surface area contributed by atoms with Crippen molar-refractivity contribution >= 4 is 40.8 Å². The first-order chi connectivity index (χ1) is 18.6. The summed E-state index contributed by atoms with van der Waals surface area (Å²) in [4.78, 5) is 45.5. The minimum absolute atomic E-state index is 0.0623. The zero-order chi connectivity index (χ0) is 27.5. The van der Waals surface area contributed by atoms with Crippen LogP contribution in [0.5, 0.6) is 0 Å². The van der Waals surface area contributed by atoms with E-state index in [0.717, 1.165) is 16.7 Å². The average molecular weight is 547 g/mol. The predicted molar refractivity (Wildman–Crippen MR) is 146 cm³/mol. The molecule has 2 aromatic carbocycles. The Hall–Kier alpha value is -3.78. The van der Waals surface area contributed by atoms with Crippen LogP contribution in [0.2, 0.25) is 5.02 Å². The van der Waals surface area contributed by atoms with Crippen LogP contribution in [0.15, 0.2) is 54.7 Å². The van der Waals surface area contributed by atoms with Gasteiger partial charge in [0.05, 0.1) is 11.5 Å². The second-order valence-corrected chi connectivity index (χ2v) is 11.8. The second kappa shape index (κ2) is 9.16. The highest BCUT2D eigenvalue weighted by atomic mass is 35.5. The first kappa shape index (κ1) is 25.5. The van der Waals surface area contributed by atoms with Gasteiger partial charge in [-0.2, -0.15) is 0 Å². The number of aromatic nitrogens is 1. The topological polar surface area (TPSA) is 91.4 Å². The maximum absolute atomic E-state index is 14.1. The van der Waals surface area contributed by atoms with E-state index in [0.29, 0.717) is 42.8 Å². The molecule has 1 fully saturated rings. The summed E-state index contributed by atoms with van der Waals surface area (Å²) in [6.45, 7) is 3.54. The van der Waals surface area contributed by atoms with Crippen molar-refractivity contribution in [2.75, 3.05) is 17.2 Å². The first-order valence-corrected chi connectivity index (χ1v) is 13.4. The molecule has 6 rings (SSSR count). The van der Waals surface area contributed by atoms with E-state index in [1.807, 2.05) is 44.2 Å². The number of nitrogens with zero attached hydrogens (tertiary/aromatic N) is 2. The normalized spacial score (nSPS) is 23.0. The van der Waals surface area contributed by atoms with Crippen molar-refractivity contribution < 1.29 is 18.8 Å². The lowest BCUT2D eigenvalue weighted by molar-refractivity contribution is -0.150. The van der Waals surface area contributed by atoms with Crippen LogP contribution in [0.1, 0.15) is 55.0 Å². The zero-order valence-corrected chi connectivity index (χ0v) is 22.4. The molecule has 1 aromatic heterocycles. The number of carbonyl (C=O) groups excluding carboxylic acids is 3. The number of fused-ring (bicyclic) bond motifs is 3. The fourth-order valence-corrected chi connectivity index (χ4v) is 6.52. The number of hydrogen-bond acceptors (Lipinski definition) is 4. The average Bonchev–Trinajstić information content (AvgIpc) is 3.38. The number of pyridine rings is 1. The van der Waals surface area contributed by atoms with Gasteiger partial charge >= 0.3 is 0 Å². The molecule has 0 bridgehead atoms. The maximum Gasteiger partial charge on any atom is 0.244 e. The zero-order valence-electron chi connectivity index (χ0n) is 21.7. The monoisotopic (exact) mass is 546 g/mol. The summed E-state index contributed by atoms with van der Waals surface area (Å²) in [6.07, 6.45) is 3.94. The number of halogens is 2. The van der Waals surface area contributed by atoms with E-state index in [1.54, 1.807) is 12.3 Å². The Balaban J connectivity index is 1.22. The van der Waals surface area contributed by atoms with Crippen molar-refractivity contribution in [2.45, 2.75) is 51.0 Å². The van der Waals surface area contributed by atoms with Gasteiger partial charge in [0.25, 0.3) is 0 Å². The van der Waals surface area contributed by atoms with Gasteiger partial charge in [-0.3, -0.25) is 14.4 Å². The number of amides is 3. The third-order valence-electron chi connectivity index (χ3n) is 8.31. The Morgan fingerprint density at radius 3 is 2.74 bits per heavy atom. The molecule has 3 aromatic rings. The first-order valence-electron chi connectivity index (χ1n) is 13.0. The summed E-state index contributed by atoms with van der Waals surface area (Å²) in [5.74, 6) is -0.455. The van der Waals surface area contributed by atoms with Gasteiger partial charge in [-0.15, -0.1) is 0 Å². The van der Waals surface area contributed by atoms with Crippen molar-refractivity contribution in [3.63, 3.8) is 0 Å². The van der Waals surface area contributed by atoms with Crippen LogP contribution in [0.3, 0.4) is 0 Å². The van der Waals surface area contributed by atoms with E-state index in [1.165, 1.54) is 17.0 Å². The SMILES string of the molecule is CC1(C)CCC(c2cc(F)cc(Cl)c2)N(CC(=O)Nc2ccc3c(c2)CC2(C3)C(=O)Nc3ncccc32)C1=O. The third kappa shape index (κ3) is 4.36. The molecule has 7 nitrogen and oxygen atoms in total. The largest absolute Gasteiger partial charge is 0.326 e. The summed E-state index contributed by atoms with van der Waals surface area (Å²) < 4.78 is 14.1. The van der Waals surface area contributed by atoms with Gasteiger partial charge in [0.1, 0.15) is 18.2 Å². The standard InChI is InChI=1S/C30H28ClFN4O3/c1-29(2)8-7-24(18-10-20(31)13-21(32)11-18)36(28(29)39)16-25(37)34-22-6-5-17-14-30(15-19(17)12-22)23-4-3-9-33-26(23)35-27(30)38/h3-6,9-13,24H,7-8,14-16H2,1-2H3,(H,34,37)(H,33,35,38). The Labute approximate surface area is 230 Å². The van der Waals surface area contributed by atoms with Crippen molar-refractivity contribution in [1.29, 1.82) is 0 Å². The Morgan fingerprint density at radius 1 is 1.15 bits per heavy atom. The van der Waals surface area contributed by atoms with Crippen molar-refractivity contribution in [2.24, 2.45) is 5.41 Å². The van der Waals surface area contributed by atoms with Crippen LogP contribution >= 0.6 is 11.6 Å². The third-order valence-corrected chi connectivity index (χ3v) is 8.52. The fourth-order valence-electron chi connectivity index (χ4n) is 6.29. The maximum atomic E-state index is 14.1. The molecular formula is C30H28ClFN4O3. The molecule has 2 N–H and O–H groups in total. The minimum atomic E-state index is -0.695. The molecule has 1 spiro atoms. The summed E-state index contributed by atoms with van der Waals surface area (Å²) in [5, 5.41) is 6.08. The minimum Gasteiger partial charge on any atom is -0.326 e. The van der Waals surface area contributed by atoms with Crippen LogP contribution in [0, 0.1) is 11.2 Å². The van der Waals surface area contributed by atoms with Gasteiger partial charge in [-0.05, 0) is 78.8 Å². The van der Waals surface area contributed by atoms with Crippen LogP contribution in [-0.2, 0) is 32.6 Å². The Morgan fingerprint density at radius 2 is 1.95 bits per heavy atom. The van der Waals surface area contributed by atoms with Crippen molar-refractivity contribution in [3.8, 4) is 0 Å². The van der Waals surface area contributed by atoms with Gasteiger partial charge in [0.15, 0.2) is 0 Å². The molecule has 39 heavy (non-hydrogen) atoms. The number of piperidine rings is 1. The molecule has 1 aliphatic carbocycles. The van der Waals surface area contributed by atoms with Crippen LogP contribution in [0.25, 0.3) is 0 Å². The summed E-state index contributed by atoms with van der Waals surface area (Å²) in [6, 6.07) is 13.2.